The third-order valence-corrected chi connectivity index (χ3v) is 4.72. The van der Waals surface area contributed by atoms with Crippen molar-refractivity contribution in [2.75, 3.05) is 38.7 Å². The molecule has 0 aliphatic carbocycles. The summed E-state index contributed by atoms with van der Waals surface area (Å²) in [6.07, 6.45) is 0.0337. The van der Waals surface area contributed by atoms with Gasteiger partial charge in [0.15, 0.2) is 0 Å². The number of nitrogens with zero attached hydrogens (tertiary/aromatic N) is 2. The number of non-ortho nitro benzene ring substituents is 1. The molecule has 1 saturated heterocycles. The number of hydrogen-bond acceptors (Lipinski definition) is 6. The third kappa shape index (κ3) is 5.49. The van der Waals surface area contributed by atoms with Crippen LogP contribution in [0.1, 0.15) is 18.1 Å². The van der Waals surface area contributed by atoms with Gasteiger partial charge in [-0.1, -0.05) is 12.1 Å². The first-order valence-corrected chi connectivity index (χ1v) is 9.18. The van der Waals surface area contributed by atoms with Gasteiger partial charge in [0, 0.05) is 38.2 Å². The van der Waals surface area contributed by atoms with E-state index in [0.29, 0.717) is 32.0 Å². The highest BCUT2D eigenvalue weighted by molar-refractivity contribution is 5.92. The molecule has 29 heavy (non-hydrogen) atoms. The van der Waals surface area contributed by atoms with E-state index < -0.39 is 4.92 Å². The number of benzene rings is 2. The minimum atomic E-state index is -0.529. The van der Waals surface area contributed by atoms with E-state index in [1.165, 1.54) is 37.4 Å². The summed E-state index contributed by atoms with van der Waals surface area (Å²) in [6, 6.07) is 10.2. The number of nitro groups is 1. The Hall–Kier alpha value is -3.04. The van der Waals surface area contributed by atoms with Crippen molar-refractivity contribution >= 4 is 17.3 Å². The molecular weight excluding hydrogens is 381 g/mol. The summed E-state index contributed by atoms with van der Waals surface area (Å²) in [5, 5.41) is 13.6. The molecule has 2 aromatic carbocycles. The van der Waals surface area contributed by atoms with Gasteiger partial charge in [0.05, 0.1) is 30.4 Å². The lowest BCUT2D eigenvalue weighted by Gasteiger charge is -2.33. The number of carbonyl (C=O) groups excluding carboxylic acids is 1. The first-order valence-electron chi connectivity index (χ1n) is 9.18. The summed E-state index contributed by atoms with van der Waals surface area (Å²) in [5.41, 5.74) is 1.02. The smallest absolute Gasteiger partial charge is 0.271 e. The van der Waals surface area contributed by atoms with Gasteiger partial charge >= 0.3 is 0 Å². The van der Waals surface area contributed by atoms with Crippen LogP contribution in [-0.2, 0) is 9.53 Å². The number of ether oxygens (including phenoxy) is 2. The highest BCUT2D eigenvalue weighted by Gasteiger charge is 2.22. The van der Waals surface area contributed by atoms with Gasteiger partial charge in [-0.05, 0) is 23.8 Å². The van der Waals surface area contributed by atoms with E-state index in [4.69, 9.17) is 9.47 Å². The molecule has 0 saturated carbocycles. The molecular formula is C20H22FN3O5. The summed E-state index contributed by atoms with van der Waals surface area (Å²) in [6.45, 7) is 2.30. The number of methoxy groups -OCH3 is 1. The van der Waals surface area contributed by atoms with Crippen molar-refractivity contribution < 1.29 is 23.6 Å². The lowest BCUT2D eigenvalue weighted by Crippen LogP contribution is -2.39. The lowest BCUT2D eigenvalue weighted by molar-refractivity contribution is -0.384. The molecule has 8 nitrogen and oxygen atoms in total. The Morgan fingerprint density at radius 3 is 2.79 bits per heavy atom. The molecule has 0 spiro atoms. The molecule has 2 aromatic rings. The van der Waals surface area contributed by atoms with Crippen LogP contribution >= 0.6 is 0 Å². The molecule has 0 bridgehead atoms. The molecule has 154 valence electrons. The third-order valence-electron chi connectivity index (χ3n) is 4.72. The molecule has 1 heterocycles. The van der Waals surface area contributed by atoms with E-state index in [-0.39, 0.29) is 35.6 Å². The number of nitrogens with one attached hydrogen (secondary N) is 1. The summed E-state index contributed by atoms with van der Waals surface area (Å²) >= 11 is 0. The van der Waals surface area contributed by atoms with E-state index in [2.05, 4.69) is 10.2 Å². The number of amides is 1. The predicted molar refractivity (Wildman–Crippen MR) is 104 cm³/mol. The van der Waals surface area contributed by atoms with Crippen molar-refractivity contribution in [2.45, 2.75) is 12.5 Å². The molecule has 1 N–H and O–H groups in total. The van der Waals surface area contributed by atoms with Crippen LogP contribution in [-0.4, -0.2) is 49.1 Å². The van der Waals surface area contributed by atoms with E-state index in [0.717, 1.165) is 5.56 Å². The number of rotatable bonds is 7. The van der Waals surface area contributed by atoms with Gasteiger partial charge in [-0.15, -0.1) is 0 Å². The maximum atomic E-state index is 13.1. The second-order valence-electron chi connectivity index (χ2n) is 6.65. The lowest BCUT2D eigenvalue weighted by atomic mass is 10.1. The zero-order valence-corrected chi connectivity index (χ0v) is 16.0. The standard InChI is InChI=1S/C20H22FN3O5/c1-28-18-7-6-16(24(26)27)12-17(18)22-20(25)8-9-23-10-11-29-19(13-23)14-2-4-15(21)5-3-14/h2-7,12,19H,8-11,13H2,1H3,(H,22,25). The molecule has 1 unspecified atom stereocenters. The summed E-state index contributed by atoms with van der Waals surface area (Å²) < 4.78 is 24.0. The van der Waals surface area contributed by atoms with E-state index in [1.807, 2.05) is 0 Å². The van der Waals surface area contributed by atoms with Crippen molar-refractivity contribution in [1.29, 1.82) is 0 Å². The number of nitro benzene ring substituents is 1. The van der Waals surface area contributed by atoms with Gasteiger partial charge in [-0.25, -0.2) is 4.39 Å². The molecule has 1 aliphatic heterocycles. The first kappa shape index (κ1) is 20.7. The Labute approximate surface area is 167 Å². The topological polar surface area (TPSA) is 93.9 Å². The Bertz CT molecular complexity index is 875. The van der Waals surface area contributed by atoms with Crippen LogP contribution < -0.4 is 10.1 Å². The number of morpholine rings is 1. The fourth-order valence-corrected chi connectivity index (χ4v) is 3.16. The highest BCUT2D eigenvalue weighted by atomic mass is 19.1. The molecule has 1 amide bonds. The van der Waals surface area contributed by atoms with Crippen molar-refractivity contribution in [3.8, 4) is 5.75 Å². The van der Waals surface area contributed by atoms with Gasteiger partial charge in [0.25, 0.3) is 5.69 Å². The maximum absolute atomic E-state index is 13.1. The van der Waals surface area contributed by atoms with E-state index in [9.17, 15) is 19.3 Å². The molecule has 1 fully saturated rings. The number of anilines is 1. The van der Waals surface area contributed by atoms with Gasteiger partial charge in [0.1, 0.15) is 11.6 Å². The number of hydrogen-bond donors (Lipinski definition) is 1. The van der Waals surface area contributed by atoms with Gasteiger partial charge in [-0.3, -0.25) is 19.8 Å². The zero-order chi connectivity index (χ0) is 20.8. The van der Waals surface area contributed by atoms with Gasteiger partial charge in [0.2, 0.25) is 5.91 Å². The number of halogens is 1. The first-order chi connectivity index (χ1) is 14.0. The minimum absolute atomic E-state index is 0.128. The summed E-state index contributed by atoms with van der Waals surface area (Å²) in [5.74, 6) is -0.213. The quantitative estimate of drug-likeness (QED) is 0.564. The van der Waals surface area contributed by atoms with Crippen LogP contribution in [0.15, 0.2) is 42.5 Å². The van der Waals surface area contributed by atoms with Crippen molar-refractivity contribution in [3.63, 3.8) is 0 Å². The van der Waals surface area contributed by atoms with E-state index in [1.54, 1.807) is 12.1 Å². The van der Waals surface area contributed by atoms with Crippen molar-refractivity contribution in [2.24, 2.45) is 0 Å². The largest absolute Gasteiger partial charge is 0.495 e. The van der Waals surface area contributed by atoms with Crippen LogP contribution in [0, 0.1) is 15.9 Å². The summed E-state index contributed by atoms with van der Waals surface area (Å²) in [7, 11) is 1.43. The van der Waals surface area contributed by atoms with Crippen LogP contribution in [0.25, 0.3) is 0 Å². The number of carbonyl (C=O) groups is 1. The minimum Gasteiger partial charge on any atom is -0.495 e. The highest BCUT2D eigenvalue weighted by Crippen LogP contribution is 2.29. The second kappa shape index (κ2) is 9.44. The zero-order valence-electron chi connectivity index (χ0n) is 16.0. The molecule has 1 atom stereocenters. The molecule has 1 aliphatic rings. The van der Waals surface area contributed by atoms with Crippen molar-refractivity contribution in [3.05, 3.63) is 64.0 Å². The van der Waals surface area contributed by atoms with E-state index >= 15 is 0 Å². The normalized spacial score (nSPS) is 17.0. The van der Waals surface area contributed by atoms with Crippen molar-refractivity contribution in [1.82, 2.24) is 4.90 Å². The molecule has 0 radical (unpaired) electrons. The monoisotopic (exact) mass is 403 g/mol. The average molecular weight is 403 g/mol. The fraction of sp³-hybridized carbons (Fsp3) is 0.350. The van der Waals surface area contributed by atoms with Crippen LogP contribution in [0.3, 0.4) is 0 Å². The fourth-order valence-electron chi connectivity index (χ4n) is 3.16. The Balaban J connectivity index is 1.56. The van der Waals surface area contributed by atoms with Crippen LogP contribution in [0.2, 0.25) is 0 Å². The maximum Gasteiger partial charge on any atom is 0.271 e. The van der Waals surface area contributed by atoms with Gasteiger partial charge < -0.3 is 14.8 Å². The Morgan fingerprint density at radius 1 is 1.34 bits per heavy atom. The Morgan fingerprint density at radius 2 is 2.10 bits per heavy atom. The summed E-state index contributed by atoms with van der Waals surface area (Å²) in [4.78, 5) is 24.9. The predicted octanol–water partition coefficient (Wildman–Crippen LogP) is 3.14. The SMILES string of the molecule is COc1ccc([N+](=O)[O-])cc1NC(=O)CCN1CCOC(c2ccc(F)cc2)C1. The Kier molecular flexibility index (Phi) is 6.73. The molecule has 0 aromatic heterocycles. The van der Waals surface area contributed by atoms with Crippen LogP contribution in [0.4, 0.5) is 15.8 Å². The molecule has 3 rings (SSSR count). The van der Waals surface area contributed by atoms with Gasteiger partial charge in [-0.2, -0.15) is 0 Å². The second-order valence-corrected chi connectivity index (χ2v) is 6.65. The average Bonchev–Trinajstić information content (AvgIpc) is 2.73. The molecule has 9 heteroatoms. The van der Waals surface area contributed by atoms with Crippen LogP contribution in [0.5, 0.6) is 5.75 Å².